The van der Waals surface area contributed by atoms with Crippen molar-refractivity contribution < 1.29 is 9.90 Å². The monoisotopic (exact) mass is 290 g/mol. The van der Waals surface area contributed by atoms with Gasteiger partial charge in [-0.15, -0.1) is 0 Å². The van der Waals surface area contributed by atoms with E-state index in [0.29, 0.717) is 5.02 Å². The van der Waals surface area contributed by atoms with Crippen LogP contribution in [0, 0.1) is 6.92 Å². The molecule has 0 bridgehead atoms. The van der Waals surface area contributed by atoms with E-state index in [2.05, 4.69) is 10.3 Å². The highest BCUT2D eigenvalue weighted by Gasteiger charge is 2.13. The molecule has 1 aromatic heterocycles. The van der Waals surface area contributed by atoms with E-state index >= 15 is 0 Å². The molecule has 0 saturated carbocycles. The van der Waals surface area contributed by atoms with Gasteiger partial charge < -0.3 is 10.4 Å². The van der Waals surface area contributed by atoms with Crippen molar-refractivity contribution in [3.63, 3.8) is 0 Å². The van der Waals surface area contributed by atoms with Crippen LogP contribution in [0.25, 0.3) is 0 Å². The van der Waals surface area contributed by atoms with Crippen LogP contribution in [0.3, 0.4) is 0 Å². The first-order valence-electron chi connectivity index (χ1n) is 6.21. The van der Waals surface area contributed by atoms with E-state index in [1.807, 2.05) is 31.2 Å². The summed E-state index contributed by atoms with van der Waals surface area (Å²) in [5.74, 6) is -0.339. The third-order valence-electron chi connectivity index (χ3n) is 2.96. The van der Waals surface area contributed by atoms with E-state index in [9.17, 15) is 9.90 Å². The first-order valence-corrected chi connectivity index (χ1v) is 6.59. The molecule has 1 unspecified atom stereocenters. The molecule has 5 heteroatoms. The first kappa shape index (κ1) is 14.5. The molecular formula is C15H15ClN2O2. The molecule has 2 rings (SSSR count). The number of pyridine rings is 1. The summed E-state index contributed by atoms with van der Waals surface area (Å²) in [6, 6.07) is 10.7. The highest BCUT2D eigenvalue weighted by atomic mass is 35.5. The third-order valence-corrected chi connectivity index (χ3v) is 3.19. The number of aryl methyl sites for hydroxylation is 1. The summed E-state index contributed by atoms with van der Waals surface area (Å²) in [6.07, 6.45) is 0.668. The predicted octanol–water partition coefficient (Wildman–Crippen LogP) is 2.51. The second-order valence-corrected chi connectivity index (χ2v) is 4.88. The summed E-state index contributed by atoms with van der Waals surface area (Å²) in [5, 5.41) is 13.2. The zero-order valence-electron chi connectivity index (χ0n) is 11.0. The molecule has 0 aliphatic heterocycles. The molecule has 4 nitrogen and oxygen atoms in total. The summed E-state index contributed by atoms with van der Waals surface area (Å²) >= 11 is 5.71. The number of aliphatic hydroxyl groups excluding tert-OH is 1. The van der Waals surface area contributed by atoms with Gasteiger partial charge in [0.05, 0.1) is 11.1 Å². The van der Waals surface area contributed by atoms with Crippen molar-refractivity contribution in [1.29, 1.82) is 0 Å². The second kappa shape index (κ2) is 6.50. The molecule has 1 heterocycles. The summed E-state index contributed by atoms with van der Waals surface area (Å²) in [6.45, 7) is 2.05. The fourth-order valence-electron chi connectivity index (χ4n) is 1.86. The number of hydrogen-bond donors (Lipinski definition) is 2. The van der Waals surface area contributed by atoms with Gasteiger partial charge in [-0.3, -0.25) is 4.79 Å². The molecule has 2 N–H and O–H groups in total. The van der Waals surface area contributed by atoms with Gasteiger partial charge in [0, 0.05) is 12.7 Å². The van der Waals surface area contributed by atoms with Crippen LogP contribution in [0.2, 0.25) is 5.02 Å². The minimum atomic E-state index is -0.743. The van der Waals surface area contributed by atoms with Crippen LogP contribution in [0.15, 0.2) is 42.6 Å². The number of benzene rings is 1. The normalized spacial score (nSPS) is 11.9. The number of halogens is 1. The number of carbonyl (C=O) groups is 1. The lowest BCUT2D eigenvalue weighted by molar-refractivity contribution is 0.0911. The molecule has 20 heavy (non-hydrogen) atoms. The van der Waals surface area contributed by atoms with Crippen LogP contribution in [-0.4, -0.2) is 22.5 Å². The molecular weight excluding hydrogens is 276 g/mol. The zero-order chi connectivity index (χ0) is 14.5. The van der Waals surface area contributed by atoms with Crippen molar-refractivity contribution in [2.24, 2.45) is 0 Å². The number of rotatable bonds is 4. The van der Waals surface area contributed by atoms with E-state index in [1.165, 1.54) is 12.3 Å². The van der Waals surface area contributed by atoms with Crippen molar-refractivity contribution in [1.82, 2.24) is 10.3 Å². The first-order chi connectivity index (χ1) is 9.58. The highest BCUT2D eigenvalue weighted by Crippen LogP contribution is 2.16. The Balaban J connectivity index is 1.97. The third kappa shape index (κ3) is 3.56. The molecule has 1 aromatic carbocycles. The highest BCUT2D eigenvalue weighted by molar-refractivity contribution is 6.30. The van der Waals surface area contributed by atoms with Crippen LogP contribution in [0.4, 0.5) is 0 Å². The van der Waals surface area contributed by atoms with Gasteiger partial charge >= 0.3 is 0 Å². The molecule has 0 fully saturated rings. The van der Waals surface area contributed by atoms with Gasteiger partial charge in [-0.05, 0) is 30.2 Å². The average Bonchev–Trinajstić information content (AvgIpc) is 2.45. The largest absolute Gasteiger partial charge is 0.387 e. The second-order valence-electron chi connectivity index (χ2n) is 4.44. The number of nitrogens with one attached hydrogen (secondary N) is 1. The molecule has 1 amide bonds. The Morgan fingerprint density at radius 1 is 1.35 bits per heavy atom. The van der Waals surface area contributed by atoms with Gasteiger partial charge in [-0.1, -0.05) is 35.9 Å². The molecule has 0 radical (unpaired) electrons. The Bertz CT molecular complexity index is 599. The Kier molecular flexibility index (Phi) is 4.71. The standard InChI is InChI=1S/C15H15ClN2O2/c1-10-4-2-3-5-12(10)14(19)9-18-15(20)13-7-6-11(16)8-17-13/h2-8,14,19H,9H2,1H3,(H,18,20). The Morgan fingerprint density at radius 3 is 2.75 bits per heavy atom. The maximum Gasteiger partial charge on any atom is 0.269 e. The molecule has 2 aromatic rings. The smallest absolute Gasteiger partial charge is 0.269 e. The Hall–Kier alpha value is -1.91. The maximum atomic E-state index is 11.8. The summed E-state index contributed by atoms with van der Waals surface area (Å²) < 4.78 is 0. The van der Waals surface area contributed by atoms with Gasteiger partial charge in [0.1, 0.15) is 5.69 Å². The number of hydrogen-bond acceptors (Lipinski definition) is 3. The van der Waals surface area contributed by atoms with Crippen molar-refractivity contribution >= 4 is 17.5 Å². The fraction of sp³-hybridized carbons (Fsp3) is 0.200. The van der Waals surface area contributed by atoms with Gasteiger partial charge in [0.25, 0.3) is 5.91 Å². The average molecular weight is 291 g/mol. The molecule has 1 atom stereocenters. The van der Waals surface area contributed by atoms with Gasteiger partial charge in [0.15, 0.2) is 0 Å². The van der Waals surface area contributed by atoms with Crippen LogP contribution in [0.1, 0.15) is 27.7 Å². The van der Waals surface area contributed by atoms with E-state index in [-0.39, 0.29) is 18.1 Å². The van der Waals surface area contributed by atoms with E-state index in [0.717, 1.165) is 11.1 Å². The number of aliphatic hydroxyl groups is 1. The Morgan fingerprint density at radius 2 is 2.10 bits per heavy atom. The van der Waals surface area contributed by atoms with Crippen LogP contribution in [-0.2, 0) is 0 Å². The lowest BCUT2D eigenvalue weighted by Crippen LogP contribution is -2.29. The molecule has 0 saturated heterocycles. The van der Waals surface area contributed by atoms with E-state index in [1.54, 1.807) is 6.07 Å². The SMILES string of the molecule is Cc1ccccc1C(O)CNC(=O)c1ccc(Cl)cn1. The molecule has 104 valence electrons. The number of carbonyl (C=O) groups excluding carboxylic acids is 1. The minimum absolute atomic E-state index is 0.133. The lowest BCUT2D eigenvalue weighted by atomic mass is 10.0. The van der Waals surface area contributed by atoms with Gasteiger partial charge in [-0.25, -0.2) is 4.98 Å². The topological polar surface area (TPSA) is 62.2 Å². The number of nitrogens with zero attached hydrogens (tertiary/aromatic N) is 1. The van der Waals surface area contributed by atoms with Crippen molar-refractivity contribution in [3.8, 4) is 0 Å². The van der Waals surface area contributed by atoms with E-state index in [4.69, 9.17) is 11.6 Å². The van der Waals surface area contributed by atoms with Crippen LogP contribution < -0.4 is 5.32 Å². The number of amides is 1. The van der Waals surface area contributed by atoms with Crippen LogP contribution in [0.5, 0.6) is 0 Å². The number of aromatic nitrogens is 1. The van der Waals surface area contributed by atoms with Crippen molar-refractivity contribution in [2.45, 2.75) is 13.0 Å². The van der Waals surface area contributed by atoms with Gasteiger partial charge in [-0.2, -0.15) is 0 Å². The molecule has 0 aliphatic carbocycles. The summed E-state index contributed by atoms with van der Waals surface area (Å²) in [7, 11) is 0. The predicted molar refractivity (Wildman–Crippen MR) is 77.7 cm³/mol. The van der Waals surface area contributed by atoms with Crippen LogP contribution >= 0.6 is 11.6 Å². The van der Waals surface area contributed by atoms with Crippen molar-refractivity contribution in [3.05, 3.63) is 64.4 Å². The quantitative estimate of drug-likeness (QED) is 0.909. The molecule has 0 spiro atoms. The van der Waals surface area contributed by atoms with Crippen molar-refractivity contribution in [2.75, 3.05) is 6.54 Å². The lowest BCUT2D eigenvalue weighted by Gasteiger charge is -2.14. The Labute approximate surface area is 122 Å². The minimum Gasteiger partial charge on any atom is -0.387 e. The van der Waals surface area contributed by atoms with E-state index < -0.39 is 6.10 Å². The molecule has 0 aliphatic rings. The van der Waals surface area contributed by atoms with Gasteiger partial charge in [0.2, 0.25) is 0 Å². The zero-order valence-corrected chi connectivity index (χ0v) is 11.8. The fourth-order valence-corrected chi connectivity index (χ4v) is 1.97. The maximum absolute atomic E-state index is 11.8. The summed E-state index contributed by atoms with van der Waals surface area (Å²) in [5.41, 5.74) is 2.06. The summed E-state index contributed by atoms with van der Waals surface area (Å²) in [4.78, 5) is 15.8.